The third-order valence-corrected chi connectivity index (χ3v) is 5.24. The normalized spacial score (nSPS) is 24.0. The SMILES string of the molecule is C[C@@H]1[C@H](OCc2ccccc2)[C@H](NC(=O)C(F)(F)F)CO[C@@H]1COCc1ccccc1. The molecule has 8 heteroatoms. The van der Waals surface area contributed by atoms with Crippen LogP contribution in [0, 0.1) is 5.92 Å². The van der Waals surface area contributed by atoms with Crippen molar-refractivity contribution >= 4 is 5.91 Å². The van der Waals surface area contributed by atoms with Crippen molar-refractivity contribution in [1.82, 2.24) is 5.32 Å². The zero-order chi connectivity index (χ0) is 22.3. The lowest BCUT2D eigenvalue weighted by molar-refractivity contribution is -0.184. The second-order valence-corrected chi connectivity index (χ2v) is 7.57. The molecule has 1 aliphatic rings. The van der Waals surface area contributed by atoms with Crippen LogP contribution in [-0.4, -0.2) is 43.5 Å². The number of carbonyl (C=O) groups excluding carboxylic acids is 1. The van der Waals surface area contributed by atoms with Crippen LogP contribution in [0.1, 0.15) is 18.1 Å². The van der Waals surface area contributed by atoms with Gasteiger partial charge in [-0.2, -0.15) is 13.2 Å². The Hall–Kier alpha value is -2.42. The molecule has 2 aromatic rings. The zero-order valence-electron chi connectivity index (χ0n) is 17.2. The zero-order valence-corrected chi connectivity index (χ0v) is 17.2. The molecule has 0 saturated carbocycles. The van der Waals surface area contributed by atoms with E-state index in [-0.39, 0.29) is 31.8 Å². The van der Waals surface area contributed by atoms with Crippen molar-refractivity contribution in [2.24, 2.45) is 5.92 Å². The first-order valence-electron chi connectivity index (χ1n) is 10.1. The molecule has 3 rings (SSSR count). The molecule has 0 unspecified atom stereocenters. The molecular formula is C23H26F3NO4. The Bertz CT molecular complexity index is 817. The highest BCUT2D eigenvalue weighted by atomic mass is 19.4. The number of amides is 1. The number of halogens is 3. The summed E-state index contributed by atoms with van der Waals surface area (Å²) in [5.41, 5.74) is 1.90. The molecule has 168 valence electrons. The Kier molecular flexibility index (Phi) is 8.06. The van der Waals surface area contributed by atoms with Crippen molar-refractivity contribution < 1.29 is 32.2 Å². The molecule has 0 spiro atoms. The number of hydrogen-bond donors (Lipinski definition) is 1. The summed E-state index contributed by atoms with van der Waals surface area (Å²) in [7, 11) is 0. The Labute approximate surface area is 179 Å². The van der Waals surface area contributed by atoms with Gasteiger partial charge in [-0.3, -0.25) is 4.79 Å². The lowest BCUT2D eigenvalue weighted by atomic mass is 9.90. The largest absolute Gasteiger partial charge is 0.471 e. The van der Waals surface area contributed by atoms with Gasteiger partial charge in [-0.15, -0.1) is 0 Å². The van der Waals surface area contributed by atoms with Gasteiger partial charge in [-0.25, -0.2) is 0 Å². The summed E-state index contributed by atoms with van der Waals surface area (Å²) in [4.78, 5) is 11.5. The number of benzene rings is 2. The number of alkyl halides is 3. The number of rotatable bonds is 8. The minimum Gasteiger partial charge on any atom is -0.374 e. The quantitative estimate of drug-likeness (QED) is 0.681. The average Bonchev–Trinajstić information content (AvgIpc) is 2.75. The molecule has 0 aromatic heterocycles. The van der Waals surface area contributed by atoms with Crippen LogP contribution in [0.3, 0.4) is 0 Å². The second-order valence-electron chi connectivity index (χ2n) is 7.57. The van der Waals surface area contributed by atoms with Gasteiger partial charge in [0.25, 0.3) is 0 Å². The summed E-state index contributed by atoms with van der Waals surface area (Å²) >= 11 is 0. The maximum atomic E-state index is 12.8. The van der Waals surface area contributed by atoms with E-state index < -0.39 is 24.2 Å². The van der Waals surface area contributed by atoms with Gasteiger partial charge in [0.2, 0.25) is 0 Å². The van der Waals surface area contributed by atoms with Gasteiger partial charge in [0, 0.05) is 5.92 Å². The van der Waals surface area contributed by atoms with E-state index in [1.807, 2.05) is 72.9 Å². The summed E-state index contributed by atoms with van der Waals surface area (Å²) in [6, 6.07) is 18.0. The molecule has 31 heavy (non-hydrogen) atoms. The molecule has 1 amide bonds. The van der Waals surface area contributed by atoms with Crippen molar-refractivity contribution in [1.29, 1.82) is 0 Å². The molecule has 5 nitrogen and oxygen atoms in total. The fraction of sp³-hybridized carbons (Fsp3) is 0.435. The van der Waals surface area contributed by atoms with Crippen molar-refractivity contribution in [3.05, 3.63) is 71.8 Å². The van der Waals surface area contributed by atoms with Gasteiger partial charge in [0.1, 0.15) is 0 Å². The Morgan fingerprint density at radius 2 is 1.61 bits per heavy atom. The van der Waals surface area contributed by atoms with Gasteiger partial charge >= 0.3 is 12.1 Å². The van der Waals surface area contributed by atoms with Crippen molar-refractivity contribution in [2.45, 2.75) is 44.6 Å². The first-order valence-corrected chi connectivity index (χ1v) is 10.1. The van der Waals surface area contributed by atoms with E-state index in [2.05, 4.69) is 0 Å². The van der Waals surface area contributed by atoms with Crippen molar-refractivity contribution in [2.75, 3.05) is 13.2 Å². The summed E-state index contributed by atoms with van der Waals surface area (Å²) in [5.74, 6) is -2.30. The molecule has 1 fully saturated rings. The first kappa shape index (κ1) is 23.2. The molecule has 0 radical (unpaired) electrons. The third-order valence-electron chi connectivity index (χ3n) is 5.24. The second kappa shape index (κ2) is 10.7. The highest BCUT2D eigenvalue weighted by molar-refractivity contribution is 5.82. The van der Waals surface area contributed by atoms with Gasteiger partial charge in [-0.05, 0) is 11.1 Å². The smallest absolute Gasteiger partial charge is 0.374 e. The third kappa shape index (κ3) is 6.78. The molecule has 1 heterocycles. The van der Waals surface area contributed by atoms with Crippen LogP contribution in [-0.2, 0) is 32.2 Å². The van der Waals surface area contributed by atoms with E-state index in [0.717, 1.165) is 11.1 Å². The Morgan fingerprint density at radius 3 is 2.19 bits per heavy atom. The van der Waals surface area contributed by atoms with Gasteiger partial charge in [0.15, 0.2) is 0 Å². The average molecular weight is 437 g/mol. The maximum absolute atomic E-state index is 12.8. The molecule has 0 aliphatic carbocycles. The van der Waals surface area contributed by atoms with Gasteiger partial charge in [0.05, 0.1) is 44.7 Å². The van der Waals surface area contributed by atoms with Crippen LogP contribution >= 0.6 is 0 Å². The van der Waals surface area contributed by atoms with Crippen LogP contribution in [0.5, 0.6) is 0 Å². The van der Waals surface area contributed by atoms with E-state index in [0.29, 0.717) is 6.61 Å². The Morgan fingerprint density at radius 1 is 1.03 bits per heavy atom. The molecule has 1 saturated heterocycles. The lowest BCUT2D eigenvalue weighted by Crippen LogP contribution is -2.59. The Balaban J connectivity index is 1.63. The molecule has 1 aliphatic heterocycles. The monoisotopic (exact) mass is 437 g/mol. The minimum atomic E-state index is -4.97. The van der Waals surface area contributed by atoms with E-state index >= 15 is 0 Å². The van der Waals surface area contributed by atoms with Gasteiger partial charge in [-0.1, -0.05) is 67.6 Å². The minimum absolute atomic E-state index is 0.0923. The van der Waals surface area contributed by atoms with E-state index in [1.54, 1.807) is 0 Å². The van der Waals surface area contributed by atoms with Crippen LogP contribution in [0.4, 0.5) is 13.2 Å². The molecule has 0 bridgehead atoms. The molecule has 1 N–H and O–H groups in total. The van der Waals surface area contributed by atoms with Crippen LogP contribution in [0.25, 0.3) is 0 Å². The molecule has 2 aromatic carbocycles. The predicted molar refractivity (Wildman–Crippen MR) is 108 cm³/mol. The summed E-state index contributed by atoms with van der Waals surface area (Å²) in [5, 5.41) is 2.02. The fourth-order valence-corrected chi connectivity index (χ4v) is 3.53. The van der Waals surface area contributed by atoms with Crippen molar-refractivity contribution in [3.63, 3.8) is 0 Å². The number of ether oxygens (including phenoxy) is 3. The van der Waals surface area contributed by atoms with E-state index in [4.69, 9.17) is 14.2 Å². The summed E-state index contributed by atoms with van der Waals surface area (Å²) in [6.07, 6.45) is -6.00. The predicted octanol–water partition coefficient (Wildman–Crippen LogP) is 3.87. The number of carbonyl (C=O) groups is 1. The highest BCUT2D eigenvalue weighted by Gasteiger charge is 2.45. The fourth-order valence-electron chi connectivity index (χ4n) is 3.53. The van der Waals surface area contributed by atoms with Crippen LogP contribution in [0.2, 0.25) is 0 Å². The standard InChI is InChI=1S/C23H26F3NO4/c1-16-20(15-29-12-17-8-4-2-5-9-17)30-14-19(27-22(28)23(24,25)26)21(16)31-13-18-10-6-3-7-11-18/h2-11,16,19-21H,12-15H2,1H3,(H,27,28)/t16-,19+,20+,21-/m0/s1. The van der Waals surface area contributed by atoms with Crippen LogP contribution in [0.15, 0.2) is 60.7 Å². The summed E-state index contributed by atoms with van der Waals surface area (Å²) < 4.78 is 55.8. The molecule has 4 atom stereocenters. The van der Waals surface area contributed by atoms with Crippen LogP contribution < -0.4 is 5.32 Å². The topological polar surface area (TPSA) is 56.8 Å². The van der Waals surface area contributed by atoms with E-state index in [9.17, 15) is 18.0 Å². The van der Waals surface area contributed by atoms with Gasteiger partial charge < -0.3 is 19.5 Å². The lowest BCUT2D eigenvalue weighted by Gasteiger charge is -2.41. The highest BCUT2D eigenvalue weighted by Crippen LogP contribution is 2.27. The summed E-state index contributed by atoms with van der Waals surface area (Å²) in [6.45, 7) is 2.62. The van der Waals surface area contributed by atoms with Crippen molar-refractivity contribution in [3.8, 4) is 0 Å². The molecular weight excluding hydrogens is 411 g/mol. The first-order chi connectivity index (χ1) is 14.8. The van der Waals surface area contributed by atoms with E-state index in [1.165, 1.54) is 0 Å². The maximum Gasteiger partial charge on any atom is 0.471 e. The number of hydrogen-bond acceptors (Lipinski definition) is 4. The number of nitrogens with one attached hydrogen (secondary N) is 1.